The highest BCUT2D eigenvalue weighted by molar-refractivity contribution is 8.03. The van der Waals surface area contributed by atoms with Gasteiger partial charge in [0.15, 0.2) is 0 Å². The molecule has 1 atom stereocenters. The van der Waals surface area contributed by atoms with Crippen molar-refractivity contribution in [3.8, 4) is 0 Å². The predicted octanol–water partition coefficient (Wildman–Crippen LogP) is 3.24. The molecule has 0 aromatic heterocycles. The van der Waals surface area contributed by atoms with Crippen LogP contribution in [0.3, 0.4) is 0 Å². The van der Waals surface area contributed by atoms with Gasteiger partial charge in [0.05, 0.1) is 12.0 Å². The van der Waals surface area contributed by atoms with Gasteiger partial charge >= 0.3 is 0 Å². The lowest BCUT2D eigenvalue weighted by Gasteiger charge is -2.10. The van der Waals surface area contributed by atoms with Crippen molar-refractivity contribution < 1.29 is 0 Å². The fourth-order valence-corrected chi connectivity index (χ4v) is 3.07. The average molecular weight is 211 g/mol. The largest absolute Gasteiger partial charge is 0.252 e. The summed E-state index contributed by atoms with van der Waals surface area (Å²) >= 11 is 5.35. The normalized spacial score (nSPS) is 13.0. The number of hydrogen-bond donors (Lipinski definition) is 0. The van der Waals surface area contributed by atoms with Gasteiger partial charge in [-0.2, -0.15) is 0 Å². The summed E-state index contributed by atoms with van der Waals surface area (Å²) in [7, 11) is 0. The van der Waals surface area contributed by atoms with Gasteiger partial charge in [0.1, 0.15) is 0 Å². The lowest BCUT2D eigenvalue weighted by Crippen LogP contribution is -2.08. The van der Waals surface area contributed by atoms with Gasteiger partial charge in [-0.05, 0) is 44.7 Å². The van der Waals surface area contributed by atoms with Gasteiger partial charge in [0.25, 0.3) is 0 Å². The van der Waals surface area contributed by atoms with Crippen LogP contribution in [0.5, 0.6) is 0 Å². The van der Waals surface area contributed by atoms with E-state index in [1.54, 1.807) is 0 Å². The molecule has 1 aromatic carbocycles. The zero-order valence-corrected chi connectivity index (χ0v) is 9.90. The second-order valence-corrected chi connectivity index (χ2v) is 6.18. The van der Waals surface area contributed by atoms with Crippen LogP contribution in [0, 0.1) is 0 Å². The van der Waals surface area contributed by atoms with Crippen LogP contribution < -0.4 is 5.30 Å². The average Bonchev–Trinajstić information content (AvgIpc) is 2.03. The lowest BCUT2D eigenvalue weighted by molar-refractivity contribution is 0.593. The fraction of sp³-hybridized carbons (Fsp3) is 0.400. The van der Waals surface area contributed by atoms with Crippen LogP contribution in [-0.4, -0.2) is 5.54 Å². The molecular weight excluding hydrogens is 197 g/mol. The Morgan fingerprint density at radius 1 is 1.15 bits per heavy atom. The molecule has 1 unspecified atom stereocenters. The second kappa shape index (κ2) is 4.17. The summed E-state index contributed by atoms with van der Waals surface area (Å²) < 4.78 is 4.56. The van der Waals surface area contributed by atoms with Crippen molar-refractivity contribution in [1.82, 2.24) is 0 Å². The van der Waals surface area contributed by atoms with Crippen molar-refractivity contribution in [2.45, 2.75) is 26.3 Å². The Morgan fingerprint density at radius 2 is 1.69 bits per heavy atom. The minimum atomic E-state index is -0.755. The first-order valence-electron chi connectivity index (χ1n) is 4.24. The first kappa shape index (κ1) is 10.6. The first-order chi connectivity index (χ1) is 5.99. The van der Waals surface area contributed by atoms with E-state index in [4.69, 9.17) is 11.8 Å². The molecule has 70 valence electrons. The summed E-state index contributed by atoms with van der Waals surface area (Å²) in [6.07, 6.45) is 0. The molecule has 0 aliphatic heterocycles. The van der Waals surface area contributed by atoms with Gasteiger partial charge in [-0.3, -0.25) is 4.74 Å². The third-order valence-corrected chi connectivity index (χ3v) is 3.77. The third-order valence-electron chi connectivity index (χ3n) is 1.37. The van der Waals surface area contributed by atoms with E-state index in [2.05, 4.69) is 25.5 Å². The van der Waals surface area contributed by atoms with E-state index >= 15 is 0 Å². The zero-order valence-electron chi connectivity index (χ0n) is 8.19. The molecule has 3 heteroatoms. The van der Waals surface area contributed by atoms with Crippen LogP contribution in [-0.2, 0) is 11.8 Å². The van der Waals surface area contributed by atoms with E-state index in [0.717, 1.165) is 0 Å². The molecule has 1 nitrogen and oxygen atoms in total. The van der Waals surface area contributed by atoms with Crippen LogP contribution in [0.1, 0.15) is 20.8 Å². The molecular formula is C10H14NPS. The smallest absolute Gasteiger partial charge is 0.0647 e. The second-order valence-electron chi connectivity index (χ2n) is 3.88. The summed E-state index contributed by atoms with van der Waals surface area (Å²) in [5, 5.41) is 1.17. The Balaban J connectivity index is 3.00. The van der Waals surface area contributed by atoms with Crippen LogP contribution in [0.25, 0.3) is 0 Å². The molecule has 0 aliphatic rings. The van der Waals surface area contributed by atoms with Crippen LogP contribution in [0.2, 0.25) is 0 Å². The van der Waals surface area contributed by atoms with Crippen LogP contribution in [0.4, 0.5) is 0 Å². The van der Waals surface area contributed by atoms with E-state index in [0.29, 0.717) is 0 Å². The number of nitrogens with zero attached hydrogens (tertiary/aromatic N) is 1. The maximum absolute atomic E-state index is 5.35. The van der Waals surface area contributed by atoms with Crippen LogP contribution >= 0.6 is 6.49 Å². The zero-order chi connectivity index (χ0) is 9.90. The molecule has 0 radical (unpaired) electrons. The molecule has 0 saturated carbocycles. The van der Waals surface area contributed by atoms with Gasteiger partial charge in [-0.1, -0.05) is 18.2 Å². The summed E-state index contributed by atoms with van der Waals surface area (Å²) in [6, 6.07) is 10.1. The minimum Gasteiger partial charge on any atom is -0.252 e. The van der Waals surface area contributed by atoms with Crippen LogP contribution in [0.15, 0.2) is 35.1 Å². The molecule has 1 rings (SSSR count). The quantitative estimate of drug-likeness (QED) is 0.649. The molecule has 0 aliphatic carbocycles. The number of rotatable bonds is 1. The standard InChI is InChI=1S/C10H14NPS/c1-10(2,3)11-12(13)9-7-5-4-6-8-9/h4-8H,1-3H3. The maximum Gasteiger partial charge on any atom is 0.0647 e. The van der Waals surface area contributed by atoms with E-state index in [-0.39, 0.29) is 5.54 Å². The molecule has 0 spiro atoms. The Hall–Kier alpha value is -0.460. The van der Waals surface area contributed by atoms with Gasteiger partial charge in [0.2, 0.25) is 0 Å². The van der Waals surface area contributed by atoms with E-state index < -0.39 is 6.49 Å². The summed E-state index contributed by atoms with van der Waals surface area (Å²) in [5.74, 6) is 0. The Morgan fingerprint density at radius 3 is 2.15 bits per heavy atom. The summed E-state index contributed by atoms with van der Waals surface area (Å²) in [4.78, 5) is 0. The van der Waals surface area contributed by atoms with Crippen molar-refractivity contribution in [1.29, 1.82) is 0 Å². The molecule has 13 heavy (non-hydrogen) atoms. The Bertz CT molecular complexity index is 345. The molecule has 0 saturated heterocycles. The minimum absolute atomic E-state index is 0.0245. The van der Waals surface area contributed by atoms with Gasteiger partial charge in [-0.25, -0.2) is 0 Å². The van der Waals surface area contributed by atoms with Crippen molar-refractivity contribution >= 4 is 23.6 Å². The SMILES string of the molecule is CC(C)(C)N=P(=S)c1ccccc1. The summed E-state index contributed by atoms with van der Waals surface area (Å²) in [6.45, 7) is 5.49. The molecule has 0 N–H and O–H groups in total. The monoisotopic (exact) mass is 211 g/mol. The Labute approximate surface area is 85.3 Å². The van der Waals surface area contributed by atoms with E-state index in [1.165, 1.54) is 5.30 Å². The lowest BCUT2D eigenvalue weighted by atomic mass is 10.1. The summed E-state index contributed by atoms with van der Waals surface area (Å²) in [5.41, 5.74) is -0.0245. The number of hydrogen-bond acceptors (Lipinski definition) is 2. The highest BCUT2D eigenvalue weighted by Gasteiger charge is 2.06. The van der Waals surface area contributed by atoms with Gasteiger partial charge in [0, 0.05) is 5.30 Å². The van der Waals surface area contributed by atoms with Crippen molar-refractivity contribution in [2.75, 3.05) is 0 Å². The maximum atomic E-state index is 5.35. The van der Waals surface area contributed by atoms with E-state index in [1.807, 2.05) is 30.3 Å². The topological polar surface area (TPSA) is 12.4 Å². The van der Waals surface area contributed by atoms with Gasteiger partial charge < -0.3 is 0 Å². The highest BCUT2D eigenvalue weighted by atomic mass is 32.4. The van der Waals surface area contributed by atoms with Gasteiger partial charge in [-0.15, -0.1) is 0 Å². The molecule has 0 bridgehead atoms. The predicted molar refractivity (Wildman–Crippen MR) is 62.5 cm³/mol. The highest BCUT2D eigenvalue weighted by Crippen LogP contribution is 2.19. The molecule has 1 aromatic rings. The molecule has 0 fully saturated rings. The molecule has 0 heterocycles. The van der Waals surface area contributed by atoms with Crippen molar-refractivity contribution in [2.24, 2.45) is 4.74 Å². The van der Waals surface area contributed by atoms with Crippen molar-refractivity contribution in [3.63, 3.8) is 0 Å². The van der Waals surface area contributed by atoms with E-state index in [9.17, 15) is 0 Å². The molecule has 0 amide bonds. The Kier molecular flexibility index (Phi) is 3.40. The first-order valence-corrected chi connectivity index (χ1v) is 6.55. The number of benzene rings is 1. The van der Waals surface area contributed by atoms with Crippen molar-refractivity contribution in [3.05, 3.63) is 30.3 Å². The fourth-order valence-electron chi connectivity index (χ4n) is 0.886. The third kappa shape index (κ3) is 3.84.